The van der Waals surface area contributed by atoms with Crippen LogP contribution in [-0.2, 0) is 10.3 Å². The Morgan fingerprint density at radius 1 is 1.53 bits per heavy atom. The maximum absolute atomic E-state index is 13.1. The third-order valence-corrected chi connectivity index (χ3v) is 2.83. The number of methoxy groups -OCH3 is 1. The van der Waals surface area contributed by atoms with Gasteiger partial charge in [0.2, 0.25) is 0 Å². The first-order valence-electron chi connectivity index (χ1n) is 4.77. The molecule has 1 aromatic rings. The van der Waals surface area contributed by atoms with Gasteiger partial charge in [0, 0.05) is 12.1 Å². The van der Waals surface area contributed by atoms with Gasteiger partial charge < -0.3 is 10.5 Å². The lowest BCUT2D eigenvalue weighted by Gasteiger charge is -2.28. The highest BCUT2D eigenvalue weighted by molar-refractivity contribution is 6.31. The first kappa shape index (κ1) is 12.4. The standard InChI is InChI=1S/C11H15ClFNO/c1-3-11(14,7-15-2)9-6-8(13)4-5-10(9)12/h4-6H,3,7,14H2,1-2H3. The van der Waals surface area contributed by atoms with E-state index in [1.54, 1.807) is 7.11 Å². The molecule has 0 amide bonds. The predicted octanol–water partition coefficient (Wildman–Crippen LogP) is 2.69. The molecule has 2 N–H and O–H groups in total. The average molecular weight is 232 g/mol. The van der Waals surface area contributed by atoms with Gasteiger partial charge >= 0.3 is 0 Å². The zero-order valence-electron chi connectivity index (χ0n) is 8.89. The van der Waals surface area contributed by atoms with Crippen LogP contribution in [0.1, 0.15) is 18.9 Å². The van der Waals surface area contributed by atoms with E-state index in [2.05, 4.69) is 0 Å². The maximum Gasteiger partial charge on any atom is 0.123 e. The molecule has 0 radical (unpaired) electrons. The molecular formula is C11H15ClFNO. The van der Waals surface area contributed by atoms with Gasteiger partial charge in [-0.05, 0) is 30.2 Å². The fourth-order valence-corrected chi connectivity index (χ4v) is 1.81. The molecule has 2 nitrogen and oxygen atoms in total. The molecule has 0 fully saturated rings. The Morgan fingerprint density at radius 3 is 2.73 bits per heavy atom. The van der Waals surface area contributed by atoms with E-state index in [9.17, 15) is 4.39 Å². The fourth-order valence-electron chi connectivity index (χ4n) is 1.51. The second-order valence-corrected chi connectivity index (χ2v) is 3.97. The number of hydrogen-bond acceptors (Lipinski definition) is 2. The molecule has 0 aliphatic carbocycles. The fraction of sp³-hybridized carbons (Fsp3) is 0.455. The molecule has 1 rings (SSSR count). The van der Waals surface area contributed by atoms with E-state index in [4.69, 9.17) is 22.1 Å². The Bertz CT molecular complexity index is 345. The minimum Gasteiger partial charge on any atom is -0.382 e. The number of nitrogens with two attached hydrogens (primary N) is 1. The SMILES string of the molecule is CCC(N)(COC)c1cc(F)ccc1Cl. The van der Waals surface area contributed by atoms with Gasteiger partial charge in [0.25, 0.3) is 0 Å². The van der Waals surface area contributed by atoms with Crippen LogP contribution in [0.15, 0.2) is 18.2 Å². The number of hydrogen-bond donors (Lipinski definition) is 1. The molecule has 4 heteroatoms. The van der Waals surface area contributed by atoms with E-state index in [-0.39, 0.29) is 5.82 Å². The molecule has 0 saturated carbocycles. The van der Waals surface area contributed by atoms with E-state index < -0.39 is 5.54 Å². The Morgan fingerprint density at radius 2 is 2.20 bits per heavy atom. The quantitative estimate of drug-likeness (QED) is 0.865. The third kappa shape index (κ3) is 2.68. The van der Waals surface area contributed by atoms with Gasteiger partial charge in [0.1, 0.15) is 5.82 Å². The number of halogens is 2. The molecule has 0 saturated heterocycles. The maximum atomic E-state index is 13.1. The van der Waals surface area contributed by atoms with Crippen molar-refractivity contribution in [2.45, 2.75) is 18.9 Å². The lowest BCUT2D eigenvalue weighted by Crippen LogP contribution is -2.40. The van der Waals surface area contributed by atoms with Crippen LogP contribution in [0.4, 0.5) is 4.39 Å². The second-order valence-electron chi connectivity index (χ2n) is 3.57. The normalized spacial score (nSPS) is 15.0. The number of rotatable bonds is 4. The van der Waals surface area contributed by atoms with Gasteiger partial charge in [0.15, 0.2) is 0 Å². The van der Waals surface area contributed by atoms with E-state index >= 15 is 0 Å². The van der Waals surface area contributed by atoms with Crippen molar-refractivity contribution in [3.05, 3.63) is 34.6 Å². The van der Waals surface area contributed by atoms with Gasteiger partial charge in [-0.1, -0.05) is 18.5 Å². The zero-order valence-corrected chi connectivity index (χ0v) is 9.64. The van der Waals surface area contributed by atoms with Crippen molar-refractivity contribution in [1.29, 1.82) is 0 Å². The van der Waals surface area contributed by atoms with Crippen LogP contribution in [-0.4, -0.2) is 13.7 Å². The first-order chi connectivity index (χ1) is 7.03. The van der Waals surface area contributed by atoms with Crippen molar-refractivity contribution < 1.29 is 9.13 Å². The van der Waals surface area contributed by atoms with Crippen LogP contribution in [0.25, 0.3) is 0 Å². The largest absolute Gasteiger partial charge is 0.382 e. The molecule has 0 bridgehead atoms. The van der Waals surface area contributed by atoms with E-state index in [0.29, 0.717) is 23.6 Å². The van der Waals surface area contributed by atoms with Crippen molar-refractivity contribution in [1.82, 2.24) is 0 Å². The van der Waals surface area contributed by atoms with Gasteiger partial charge in [-0.15, -0.1) is 0 Å². The molecule has 1 atom stereocenters. The van der Waals surface area contributed by atoms with Gasteiger partial charge in [-0.25, -0.2) is 4.39 Å². The van der Waals surface area contributed by atoms with Gasteiger partial charge in [-0.3, -0.25) is 0 Å². The van der Waals surface area contributed by atoms with Crippen LogP contribution in [0.5, 0.6) is 0 Å². The van der Waals surface area contributed by atoms with Crippen molar-refractivity contribution >= 4 is 11.6 Å². The summed E-state index contributed by atoms with van der Waals surface area (Å²) in [6, 6.07) is 4.19. The summed E-state index contributed by atoms with van der Waals surface area (Å²) >= 11 is 5.99. The summed E-state index contributed by atoms with van der Waals surface area (Å²) in [5.74, 6) is -0.339. The summed E-state index contributed by atoms with van der Waals surface area (Å²) in [6.07, 6.45) is 0.629. The molecule has 1 unspecified atom stereocenters. The molecule has 0 aliphatic heterocycles. The topological polar surface area (TPSA) is 35.2 Å². The zero-order chi connectivity index (χ0) is 11.5. The van der Waals surface area contributed by atoms with Crippen molar-refractivity contribution in [2.75, 3.05) is 13.7 Å². The minimum atomic E-state index is -0.728. The van der Waals surface area contributed by atoms with E-state index in [1.807, 2.05) is 6.92 Å². The smallest absolute Gasteiger partial charge is 0.123 e. The van der Waals surface area contributed by atoms with Crippen LogP contribution in [0, 0.1) is 5.82 Å². The number of ether oxygens (including phenoxy) is 1. The second kappa shape index (κ2) is 4.92. The average Bonchev–Trinajstić information content (AvgIpc) is 2.22. The highest BCUT2D eigenvalue weighted by Gasteiger charge is 2.28. The summed E-state index contributed by atoms with van der Waals surface area (Å²) in [6.45, 7) is 2.23. The van der Waals surface area contributed by atoms with Crippen molar-refractivity contribution in [2.24, 2.45) is 5.73 Å². The third-order valence-electron chi connectivity index (χ3n) is 2.50. The van der Waals surface area contributed by atoms with Crippen molar-refractivity contribution in [3.63, 3.8) is 0 Å². The Labute approximate surface area is 94.2 Å². The molecule has 1 aromatic carbocycles. The molecule has 84 valence electrons. The van der Waals surface area contributed by atoms with Crippen LogP contribution in [0.3, 0.4) is 0 Å². The first-order valence-corrected chi connectivity index (χ1v) is 5.14. The predicted molar refractivity (Wildman–Crippen MR) is 59.4 cm³/mol. The molecule has 0 spiro atoms. The summed E-state index contributed by atoms with van der Waals surface area (Å²) in [5, 5.41) is 0.470. The molecule has 15 heavy (non-hydrogen) atoms. The summed E-state index contributed by atoms with van der Waals surface area (Å²) < 4.78 is 18.1. The minimum absolute atomic E-state index is 0.312. The van der Waals surface area contributed by atoms with Gasteiger partial charge in [0.05, 0.1) is 12.1 Å². The molecule has 0 heterocycles. The van der Waals surface area contributed by atoms with Crippen LogP contribution in [0.2, 0.25) is 5.02 Å². The monoisotopic (exact) mass is 231 g/mol. The molecule has 0 aliphatic rings. The Hall–Kier alpha value is -0.640. The summed E-state index contributed by atoms with van der Waals surface area (Å²) in [7, 11) is 1.56. The number of benzene rings is 1. The molecule has 0 aromatic heterocycles. The summed E-state index contributed by atoms with van der Waals surface area (Å²) in [4.78, 5) is 0. The van der Waals surface area contributed by atoms with Gasteiger partial charge in [-0.2, -0.15) is 0 Å². The Kier molecular flexibility index (Phi) is 4.08. The Balaban J connectivity index is 3.16. The highest BCUT2D eigenvalue weighted by Crippen LogP contribution is 2.29. The highest BCUT2D eigenvalue weighted by atomic mass is 35.5. The van der Waals surface area contributed by atoms with Crippen molar-refractivity contribution in [3.8, 4) is 0 Å². The van der Waals surface area contributed by atoms with E-state index in [1.165, 1.54) is 18.2 Å². The van der Waals surface area contributed by atoms with Crippen LogP contribution >= 0.6 is 11.6 Å². The van der Waals surface area contributed by atoms with Crippen LogP contribution < -0.4 is 5.73 Å². The lowest BCUT2D eigenvalue weighted by atomic mass is 9.89. The molecular weight excluding hydrogens is 217 g/mol. The lowest BCUT2D eigenvalue weighted by molar-refractivity contribution is 0.129. The van der Waals surface area contributed by atoms with E-state index in [0.717, 1.165) is 0 Å². The summed E-state index contributed by atoms with van der Waals surface area (Å²) in [5.41, 5.74) is 5.99.